The van der Waals surface area contributed by atoms with Gasteiger partial charge in [0.25, 0.3) is 0 Å². The second kappa shape index (κ2) is 8.75. The van der Waals surface area contributed by atoms with Crippen LogP contribution >= 0.6 is 0 Å². The summed E-state index contributed by atoms with van der Waals surface area (Å²) in [7, 11) is -7.78. The average molecular weight is 361 g/mol. The first kappa shape index (κ1) is 21.2. The first-order valence-electron chi connectivity index (χ1n) is 7.18. The Morgan fingerprint density at radius 3 is 1.86 bits per heavy atom. The van der Waals surface area contributed by atoms with E-state index in [2.05, 4.69) is 19.7 Å². The van der Waals surface area contributed by atoms with E-state index in [1.165, 1.54) is 0 Å². The Kier molecular flexibility index (Phi) is 8.44. The summed E-state index contributed by atoms with van der Waals surface area (Å²) in [6.07, 6.45) is 1.57. The number of esters is 1. The number of rotatable bonds is 11. The van der Waals surface area contributed by atoms with Crippen LogP contribution in [0.4, 0.5) is 0 Å². The Morgan fingerprint density at radius 2 is 1.50 bits per heavy atom. The molecule has 0 aliphatic rings. The monoisotopic (exact) mass is 360 g/mol. The van der Waals surface area contributed by atoms with Crippen molar-refractivity contribution in [3.8, 4) is 0 Å². The molecule has 0 heterocycles. The molecule has 22 heavy (non-hydrogen) atoms. The van der Waals surface area contributed by atoms with Crippen LogP contribution in [-0.4, -0.2) is 42.8 Å². The van der Waals surface area contributed by atoms with E-state index in [-0.39, 0.29) is 6.61 Å². The molecule has 0 fully saturated rings. The standard InChI is InChI=1S/C14H28O5Si3/c1-8-14(15)17-12-11-13-22(16,18-20(4,5)9-2)19-21(6,7)10-3/h8-10,16H,1-3,11-13H2,4-7H3. The summed E-state index contributed by atoms with van der Waals surface area (Å²) in [6, 6.07) is 0.325. The van der Waals surface area contributed by atoms with E-state index >= 15 is 0 Å². The number of hydrogen-bond acceptors (Lipinski definition) is 5. The van der Waals surface area contributed by atoms with Crippen LogP contribution < -0.4 is 0 Å². The SMILES string of the molecule is C=CC(=O)OCCC[Si](O)(O[Si](C)(C)C=C)O[Si](C)(C)C=C. The second-order valence-corrected chi connectivity index (χ2v) is 16.8. The van der Waals surface area contributed by atoms with E-state index in [0.29, 0.717) is 12.5 Å². The van der Waals surface area contributed by atoms with Gasteiger partial charge in [-0.25, -0.2) is 4.79 Å². The second-order valence-electron chi connectivity index (χ2n) is 6.01. The van der Waals surface area contributed by atoms with Gasteiger partial charge in [0.2, 0.25) is 16.6 Å². The predicted octanol–water partition coefficient (Wildman–Crippen LogP) is 2.93. The highest BCUT2D eigenvalue weighted by molar-refractivity contribution is 6.89. The van der Waals surface area contributed by atoms with Crippen molar-refractivity contribution in [1.29, 1.82) is 0 Å². The summed E-state index contributed by atoms with van der Waals surface area (Å²) in [5.41, 5.74) is 3.52. The minimum absolute atomic E-state index is 0.193. The van der Waals surface area contributed by atoms with Crippen LogP contribution in [0.25, 0.3) is 0 Å². The van der Waals surface area contributed by atoms with Crippen molar-refractivity contribution in [2.75, 3.05) is 6.61 Å². The maximum Gasteiger partial charge on any atom is 0.477 e. The van der Waals surface area contributed by atoms with Crippen LogP contribution in [0, 0.1) is 0 Å². The van der Waals surface area contributed by atoms with Crippen molar-refractivity contribution in [3.05, 3.63) is 37.2 Å². The fourth-order valence-corrected chi connectivity index (χ4v) is 10.7. The third-order valence-electron chi connectivity index (χ3n) is 2.88. The van der Waals surface area contributed by atoms with Gasteiger partial charge in [-0.3, -0.25) is 0 Å². The van der Waals surface area contributed by atoms with Crippen LogP contribution in [0.2, 0.25) is 32.2 Å². The van der Waals surface area contributed by atoms with Crippen LogP contribution in [0.1, 0.15) is 6.42 Å². The molecule has 0 rings (SSSR count). The van der Waals surface area contributed by atoms with Gasteiger partial charge in [-0.15, -0.1) is 13.2 Å². The zero-order valence-electron chi connectivity index (χ0n) is 14.1. The molecule has 0 radical (unpaired) electrons. The van der Waals surface area contributed by atoms with Gasteiger partial charge in [0.05, 0.1) is 6.61 Å². The van der Waals surface area contributed by atoms with Crippen LogP contribution in [0.15, 0.2) is 37.2 Å². The van der Waals surface area contributed by atoms with Crippen molar-refractivity contribution < 1.29 is 22.6 Å². The topological polar surface area (TPSA) is 65.0 Å². The molecular formula is C14H28O5Si3. The van der Waals surface area contributed by atoms with Crippen LogP contribution in [0.3, 0.4) is 0 Å². The molecule has 0 saturated carbocycles. The van der Waals surface area contributed by atoms with Crippen molar-refractivity contribution in [2.24, 2.45) is 0 Å². The third kappa shape index (κ3) is 8.61. The summed E-state index contributed by atoms with van der Waals surface area (Å²) >= 11 is 0. The number of ether oxygens (including phenoxy) is 1. The lowest BCUT2D eigenvalue weighted by atomic mass is 10.5. The summed E-state index contributed by atoms with van der Waals surface area (Å²) < 4.78 is 16.9. The fourth-order valence-electron chi connectivity index (χ4n) is 1.56. The molecule has 5 nitrogen and oxygen atoms in total. The lowest BCUT2D eigenvalue weighted by molar-refractivity contribution is -0.137. The quantitative estimate of drug-likeness (QED) is 0.266. The van der Waals surface area contributed by atoms with Crippen LogP contribution in [0.5, 0.6) is 0 Å². The normalized spacial score (nSPS) is 12.6. The first-order valence-corrected chi connectivity index (χ1v) is 15.1. The summed E-state index contributed by atoms with van der Waals surface area (Å²) in [4.78, 5) is 21.9. The van der Waals surface area contributed by atoms with Gasteiger partial charge in [-0.2, -0.15) is 0 Å². The summed E-state index contributed by atoms with van der Waals surface area (Å²) in [5.74, 6) is -0.478. The zero-order valence-corrected chi connectivity index (χ0v) is 17.1. The number of hydrogen-bond donors (Lipinski definition) is 1. The molecule has 0 aromatic heterocycles. The maximum absolute atomic E-state index is 11.0. The van der Waals surface area contributed by atoms with E-state index in [0.717, 1.165) is 6.08 Å². The summed E-state index contributed by atoms with van der Waals surface area (Å²) in [5, 5.41) is 0. The molecule has 0 atom stereocenters. The lowest BCUT2D eigenvalue weighted by Gasteiger charge is -2.36. The van der Waals surface area contributed by atoms with Gasteiger partial charge >= 0.3 is 14.8 Å². The zero-order chi connectivity index (χ0) is 17.4. The molecule has 0 aromatic carbocycles. The van der Waals surface area contributed by atoms with Gasteiger partial charge in [0.1, 0.15) is 0 Å². The van der Waals surface area contributed by atoms with Crippen molar-refractivity contribution in [3.63, 3.8) is 0 Å². The Balaban J connectivity index is 4.85. The van der Waals surface area contributed by atoms with Crippen LogP contribution in [-0.2, 0) is 17.8 Å². The van der Waals surface area contributed by atoms with Crippen molar-refractivity contribution in [1.82, 2.24) is 0 Å². The highest BCUT2D eigenvalue weighted by atomic mass is 28.5. The van der Waals surface area contributed by atoms with Crippen molar-refractivity contribution in [2.45, 2.75) is 38.7 Å². The maximum atomic E-state index is 11.0. The molecule has 126 valence electrons. The molecule has 0 amide bonds. The van der Waals surface area contributed by atoms with E-state index in [1.54, 1.807) is 11.4 Å². The molecule has 0 unspecified atom stereocenters. The van der Waals surface area contributed by atoms with E-state index in [9.17, 15) is 9.59 Å². The van der Waals surface area contributed by atoms with Gasteiger partial charge in [-0.1, -0.05) is 18.0 Å². The largest absolute Gasteiger partial charge is 0.477 e. The minimum Gasteiger partial charge on any atom is -0.463 e. The lowest BCUT2D eigenvalue weighted by Crippen LogP contribution is -2.55. The Bertz CT molecular complexity index is 399. The Hall–Kier alpha value is -0.779. The third-order valence-corrected chi connectivity index (χ3v) is 12.6. The Labute approximate surface area is 136 Å². The smallest absolute Gasteiger partial charge is 0.463 e. The van der Waals surface area contributed by atoms with E-state index < -0.39 is 31.4 Å². The van der Waals surface area contributed by atoms with Crippen molar-refractivity contribution >= 4 is 31.4 Å². The molecule has 0 saturated heterocycles. The molecule has 0 aromatic rings. The first-order chi connectivity index (χ1) is 9.99. The highest BCUT2D eigenvalue weighted by Gasteiger charge is 2.45. The number of carbonyl (C=O) groups is 1. The highest BCUT2D eigenvalue weighted by Crippen LogP contribution is 2.24. The molecule has 0 aliphatic carbocycles. The fraction of sp³-hybridized carbons (Fsp3) is 0.500. The van der Waals surface area contributed by atoms with Gasteiger partial charge < -0.3 is 17.8 Å². The predicted molar refractivity (Wildman–Crippen MR) is 96.1 cm³/mol. The Morgan fingerprint density at radius 1 is 1.05 bits per heavy atom. The molecular weight excluding hydrogens is 332 g/mol. The van der Waals surface area contributed by atoms with E-state index in [1.807, 2.05) is 26.2 Å². The molecule has 0 bridgehead atoms. The molecule has 0 aliphatic heterocycles. The van der Waals surface area contributed by atoms with Gasteiger partial charge in [-0.05, 0) is 32.6 Å². The van der Waals surface area contributed by atoms with Gasteiger partial charge in [0, 0.05) is 12.1 Å². The van der Waals surface area contributed by atoms with Gasteiger partial charge in [0.15, 0.2) is 0 Å². The minimum atomic E-state index is -3.38. The van der Waals surface area contributed by atoms with E-state index in [4.69, 9.17) is 13.0 Å². The summed E-state index contributed by atoms with van der Waals surface area (Å²) in [6.45, 7) is 18.8. The molecule has 8 heteroatoms. The molecule has 1 N–H and O–H groups in total. The number of carbonyl (C=O) groups excluding carboxylic acids is 1. The molecule has 0 spiro atoms. The average Bonchev–Trinajstić information content (AvgIpc) is 2.42.